The van der Waals surface area contributed by atoms with Crippen molar-refractivity contribution in [3.63, 3.8) is 0 Å². The average Bonchev–Trinajstić information content (AvgIpc) is 3.00. The van der Waals surface area contributed by atoms with E-state index in [9.17, 15) is 0 Å². The van der Waals surface area contributed by atoms with E-state index in [1.165, 1.54) is 5.56 Å². The second-order valence-electron chi connectivity index (χ2n) is 6.25. The second kappa shape index (κ2) is 9.68. The van der Waals surface area contributed by atoms with E-state index in [0.29, 0.717) is 6.54 Å². The summed E-state index contributed by atoms with van der Waals surface area (Å²) in [6.07, 6.45) is 2.35. The molecule has 1 aliphatic rings. The van der Waals surface area contributed by atoms with Crippen LogP contribution in [0.15, 0.2) is 53.6 Å². The molecule has 8 heteroatoms. The molecule has 2 heterocycles. The Morgan fingerprint density at radius 2 is 1.79 bits per heavy atom. The molecule has 0 atom stereocenters. The highest BCUT2D eigenvalue weighted by Crippen LogP contribution is 2.28. The summed E-state index contributed by atoms with van der Waals surface area (Å²) in [5, 5.41) is 13.7. The van der Waals surface area contributed by atoms with Gasteiger partial charge < -0.3 is 10.5 Å². The van der Waals surface area contributed by atoms with Gasteiger partial charge in [-0.05, 0) is 48.4 Å². The van der Waals surface area contributed by atoms with Crippen molar-refractivity contribution < 1.29 is 4.74 Å². The largest absolute Gasteiger partial charge is 0.497 e. The van der Waals surface area contributed by atoms with Crippen LogP contribution in [0.2, 0.25) is 0 Å². The number of rotatable bonds is 5. The number of aryl methyl sites for hydroxylation is 1. The van der Waals surface area contributed by atoms with Crippen molar-refractivity contribution in [1.29, 1.82) is 0 Å². The van der Waals surface area contributed by atoms with Crippen LogP contribution in [0.5, 0.6) is 5.75 Å². The minimum absolute atomic E-state index is 0. The third-order valence-corrected chi connectivity index (χ3v) is 4.57. The summed E-state index contributed by atoms with van der Waals surface area (Å²) >= 11 is 0. The number of methoxy groups -OCH3 is 1. The number of aromatic nitrogens is 3. The van der Waals surface area contributed by atoms with E-state index in [-0.39, 0.29) is 24.8 Å². The first-order valence-corrected chi connectivity index (χ1v) is 8.75. The zero-order valence-electron chi connectivity index (χ0n) is 15.5. The Balaban J connectivity index is 0.00000140. The third kappa shape index (κ3) is 4.19. The first kappa shape index (κ1) is 21.9. The molecule has 2 aromatic carbocycles. The zero-order valence-corrected chi connectivity index (χ0v) is 17.2. The molecule has 148 valence electrons. The summed E-state index contributed by atoms with van der Waals surface area (Å²) in [5.41, 5.74) is 9.98. The maximum Gasteiger partial charge on any atom is 0.185 e. The molecule has 0 amide bonds. The number of halogens is 2. The highest BCUT2D eigenvalue weighted by Gasteiger charge is 2.21. The van der Waals surface area contributed by atoms with Crippen molar-refractivity contribution >= 4 is 30.5 Å². The molecule has 0 fully saturated rings. The van der Waals surface area contributed by atoms with Gasteiger partial charge in [-0.1, -0.05) is 24.3 Å². The van der Waals surface area contributed by atoms with E-state index in [1.54, 1.807) is 7.11 Å². The molecule has 6 nitrogen and oxygen atoms in total. The predicted molar refractivity (Wildman–Crippen MR) is 116 cm³/mol. The Morgan fingerprint density at radius 1 is 1.04 bits per heavy atom. The van der Waals surface area contributed by atoms with E-state index in [2.05, 4.69) is 22.3 Å². The highest BCUT2D eigenvalue weighted by molar-refractivity contribution is 6.03. The molecule has 3 aromatic rings. The SMILES string of the molecule is COc1ccc(C2=Nn3c(CCCN)nnc3-c3ccccc3C2)cc1.Cl.Cl. The molecule has 0 bridgehead atoms. The van der Waals surface area contributed by atoms with Crippen LogP contribution >= 0.6 is 24.8 Å². The van der Waals surface area contributed by atoms with Gasteiger partial charge >= 0.3 is 0 Å². The highest BCUT2D eigenvalue weighted by atomic mass is 35.5. The molecular weight excluding hydrogens is 397 g/mol. The normalized spacial score (nSPS) is 11.9. The molecule has 0 saturated heterocycles. The van der Waals surface area contributed by atoms with Crippen LogP contribution in [0.1, 0.15) is 23.4 Å². The van der Waals surface area contributed by atoms with Gasteiger partial charge in [0, 0.05) is 18.4 Å². The predicted octanol–water partition coefficient (Wildman–Crippen LogP) is 3.50. The van der Waals surface area contributed by atoms with Crippen molar-refractivity contribution in [3.8, 4) is 17.1 Å². The number of benzene rings is 2. The summed E-state index contributed by atoms with van der Waals surface area (Å²) in [4.78, 5) is 0. The Bertz CT molecular complexity index is 953. The van der Waals surface area contributed by atoms with Crippen molar-refractivity contribution in [2.75, 3.05) is 13.7 Å². The van der Waals surface area contributed by atoms with Gasteiger partial charge in [-0.15, -0.1) is 35.0 Å². The van der Waals surface area contributed by atoms with Crippen LogP contribution in [0, 0.1) is 0 Å². The van der Waals surface area contributed by atoms with Crippen LogP contribution in [-0.2, 0) is 12.8 Å². The molecule has 1 aliphatic heterocycles. The summed E-state index contributed by atoms with van der Waals surface area (Å²) in [6, 6.07) is 16.3. The van der Waals surface area contributed by atoms with Gasteiger partial charge in [0.25, 0.3) is 0 Å². The molecule has 0 saturated carbocycles. The van der Waals surface area contributed by atoms with Crippen molar-refractivity contribution in [1.82, 2.24) is 14.9 Å². The summed E-state index contributed by atoms with van der Waals surface area (Å²) < 4.78 is 7.14. The molecule has 1 aromatic heterocycles. The Hall–Kier alpha value is -2.41. The molecule has 4 rings (SSSR count). The van der Waals surface area contributed by atoms with Gasteiger partial charge in [0.2, 0.25) is 0 Å². The average molecular weight is 420 g/mol. The number of ether oxygens (including phenoxy) is 1. The maximum atomic E-state index is 5.67. The Kier molecular flexibility index (Phi) is 7.57. The smallest absolute Gasteiger partial charge is 0.185 e. The molecule has 0 aliphatic carbocycles. The molecule has 2 N–H and O–H groups in total. The second-order valence-corrected chi connectivity index (χ2v) is 6.25. The van der Waals surface area contributed by atoms with Crippen LogP contribution in [0.4, 0.5) is 0 Å². The van der Waals surface area contributed by atoms with Gasteiger partial charge in [0.1, 0.15) is 5.75 Å². The fourth-order valence-corrected chi connectivity index (χ4v) is 3.17. The van der Waals surface area contributed by atoms with Gasteiger partial charge in [-0.2, -0.15) is 9.78 Å². The molecule has 0 unspecified atom stereocenters. The lowest BCUT2D eigenvalue weighted by Gasteiger charge is -2.07. The summed E-state index contributed by atoms with van der Waals surface area (Å²) in [7, 11) is 1.67. The lowest BCUT2D eigenvalue weighted by atomic mass is 9.98. The van der Waals surface area contributed by atoms with Crippen LogP contribution in [-0.4, -0.2) is 34.2 Å². The van der Waals surface area contributed by atoms with Crippen LogP contribution < -0.4 is 10.5 Å². The molecule has 0 spiro atoms. The minimum atomic E-state index is 0. The zero-order chi connectivity index (χ0) is 17.9. The molecular formula is C20H23Cl2N5O. The van der Waals surface area contributed by atoms with E-state index in [1.807, 2.05) is 41.1 Å². The fraction of sp³-hybridized carbons (Fsp3) is 0.250. The fourth-order valence-electron chi connectivity index (χ4n) is 3.17. The summed E-state index contributed by atoms with van der Waals surface area (Å²) in [5.74, 6) is 2.46. The van der Waals surface area contributed by atoms with Gasteiger partial charge in [0.05, 0.1) is 12.8 Å². The van der Waals surface area contributed by atoms with Gasteiger partial charge in [-0.3, -0.25) is 0 Å². The topological polar surface area (TPSA) is 78.3 Å². The lowest BCUT2D eigenvalue weighted by Crippen LogP contribution is -2.09. The van der Waals surface area contributed by atoms with E-state index in [0.717, 1.165) is 53.5 Å². The van der Waals surface area contributed by atoms with Crippen molar-refractivity contribution in [2.24, 2.45) is 10.8 Å². The van der Waals surface area contributed by atoms with E-state index in [4.69, 9.17) is 15.6 Å². The molecule has 28 heavy (non-hydrogen) atoms. The monoisotopic (exact) mass is 419 g/mol. The maximum absolute atomic E-state index is 5.67. The quantitative estimate of drug-likeness (QED) is 0.686. The van der Waals surface area contributed by atoms with Gasteiger partial charge in [-0.25, -0.2) is 0 Å². The summed E-state index contributed by atoms with van der Waals surface area (Å²) in [6.45, 7) is 0.619. The first-order chi connectivity index (χ1) is 12.8. The minimum Gasteiger partial charge on any atom is -0.497 e. The number of hydrogen-bond acceptors (Lipinski definition) is 5. The number of nitrogens with two attached hydrogens (primary N) is 1. The third-order valence-electron chi connectivity index (χ3n) is 4.57. The first-order valence-electron chi connectivity index (χ1n) is 8.75. The number of hydrogen-bond donors (Lipinski definition) is 1. The van der Waals surface area contributed by atoms with Crippen LogP contribution in [0.3, 0.4) is 0 Å². The lowest BCUT2D eigenvalue weighted by molar-refractivity contribution is 0.415. The standard InChI is InChI=1S/C20H21N5O.2ClH/c1-26-16-10-8-14(9-11-16)18-13-15-5-2-3-6-17(15)20-23-22-19(7-4-12-21)25(20)24-18;;/h2-3,5-6,8-11H,4,7,12-13,21H2,1H3;2*1H. The van der Waals surface area contributed by atoms with Gasteiger partial charge in [0.15, 0.2) is 11.6 Å². The Labute approximate surface area is 176 Å². The van der Waals surface area contributed by atoms with Crippen LogP contribution in [0.25, 0.3) is 11.4 Å². The number of nitrogens with zero attached hydrogens (tertiary/aromatic N) is 4. The van der Waals surface area contributed by atoms with E-state index >= 15 is 0 Å². The number of fused-ring (bicyclic) bond motifs is 3. The Morgan fingerprint density at radius 3 is 2.50 bits per heavy atom. The van der Waals surface area contributed by atoms with E-state index < -0.39 is 0 Å². The molecule has 0 radical (unpaired) electrons. The van der Waals surface area contributed by atoms with Crippen molar-refractivity contribution in [2.45, 2.75) is 19.3 Å². The van der Waals surface area contributed by atoms with Crippen molar-refractivity contribution in [3.05, 3.63) is 65.5 Å².